The first-order valence-electron chi connectivity index (χ1n) is 25.4. The van der Waals surface area contributed by atoms with Crippen LogP contribution < -0.4 is 19.4 Å². The number of thiocarbonyl (C=S) groups is 1. The van der Waals surface area contributed by atoms with Gasteiger partial charge in [-0.3, -0.25) is 28.8 Å². The van der Waals surface area contributed by atoms with Gasteiger partial charge >= 0.3 is 6.18 Å². The maximum atomic E-state index is 14.8. The van der Waals surface area contributed by atoms with Crippen LogP contribution in [0.5, 0.6) is 5.75 Å². The third kappa shape index (κ3) is 9.09. The number of piperidine rings is 1. The molecule has 0 spiro atoms. The number of fused-ring (bicyclic) bond motifs is 2. The predicted molar refractivity (Wildman–Crippen MR) is 278 cm³/mol. The van der Waals surface area contributed by atoms with E-state index in [1.807, 2.05) is 59.5 Å². The van der Waals surface area contributed by atoms with Gasteiger partial charge in [0.25, 0.3) is 12.3 Å². The van der Waals surface area contributed by atoms with Gasteiger partial charge in [0.15, 0.2) is 10.9 Å². The topological polar surface area (TPSA) is 119 Å². The number of benzene rings is 4. The second-order valence-electron chi connectivity index (χ2n) is 20.8. The second-order valence-corrected chi connectivity index (χ2v) is 21.1. The van der Waals surface area contributed by atoms with E-state index in [9.17, 15) is 36.8 Å². The van der Waals surface area contributed by atoms with Gasteiger partial charge in [0.2, 0.25) is 5.91 Å². The molecule has 3 fully saturated rings. The van der Waals surface area contributed by atoms with Crippen molar-refractivity contribution >= 4 is 52.0 Å². The molecule has 75 heavy (non-hydrogen) atoms. The highest BCUT2D eigenvalue weighted by Gasteiger charge is 2.51. The van der Waals surface area contributed by atoms with Gasteiger partial charge in [0, 0.05) is 105 Å². The van der Waals surface area contributed by atoms with Crippen molar-refractivity contribution < 1.29 is 36.3 Å². The Balaban J connectivity index is 0.720. The highest BCUT2D eigenvalue weighted by Crippen LogP contribution is 2.45. The molecule has 11 rings (SSSR count). The van der Waals surface area contributed by atoms with Gasteiger partial charge in [0.1, 0.15) is 17.4 Å². The molecule has 4 aliphatic heterocycles. The lowest BCUT2D eigenvalue weighted by molar-refractivity contribution is -0.137. The quantitative estimate of drug-likeness (QED) is 0.0969. The third-order valence-electron chi connectivity index (χ3n) is 15.8. The molecule has 0 unspecified atom stereocenters. The van der Waals surface area contributed by atoms with Gasteiger partial charge in [-0.1, -0.05) is 24.3 Å². The maximum Gasteiger partial charge on any atom is 0.417 e. The molecule has 4 aromatic carbocycles. The Bertz CT molecular complexity index is 3260. The molecule has 2 aromatic heterocycles. The minimum Gasteiger partial charge on any atom is -0.490 e. The number of likely N-dealkylation sites (tertiary alicyclic amines) is 1. The number of carbonyl (C=O) groups is 2. The number of rotatable bonds is 10. The van der Waals surface area contributed by atoms with Crippen molar-refractivity contribution in [2.24, 2.45) is 7.05 Å². The number of ether oxygens (including phenoxy) is 1. The van der Waals surface area contributed by atoms with E-state index in [2.05, 4.69) is 19.6 Å². The van der Waals surface area contributed by atoms with Crippen molar-refractivity contribution in [3.05, 3.63) is 125 Å². The highest BCUT2D eigenvalue weighted by atomic mass is 32.1. The van der Waals surface area contributed by atoms with Crippen molar-refractivity contribution in [1.29, 1.82) is 5.26 Å². The summed E-state index contributed by atoms with van der Waals surface area (Å²) >= 11 is 5.72. The molecule has 0 radical (unpaired) electrons. The van der Waals surface area contributed by atoms with Crippen molar-refractivity contribution in [3.63, 3.8) is 0 Å². The molecule has 6 aromatic rings. The van der Waals surface area contributed by atoms with E-state index >= 15 is 0 Å². The zero-order chi connectivity index (χ0) is 52.7. The SMILES string of the molecule is CC(=O)N1CCc2c(c(N3CCCc4cc(-c5cnn(C)c5)c(C(F)F)cc43)nn2C2CCN(C3CC(Oc4ccc(-c5ccc(N6C(=S)N(c7ccc(C#N)c(C(F)(F)F)c7)C(=O)C6(C)C)cc5)cc4)C3)CC2)C1. The summed E-state index contributed by atoms with van der Waals surface area (Å²) in [6, 6.07) is 24.2. The van der Waals surface area contributed by atoms with Gasteiger partial charge in [-0.15, -0.1) is 0 Å². The summed E-state index contributed by atoms with van der Waals surface area (Å²) in [5, 5.41) is 18.9. The minimum atomic E-state index is -4.79. The molecule has 5 aliphatic rings. The van der Waals surface area contributed by atoms with Crippen LogP contribution in [0.15, 0.2) is 91.3 Å². The largest absolute Gasteiger partial charge is 0.490 e. The summed E-state index contributed by atoms with van der Waals surface area (Å²) in [5.74, 6) is 1.04. The molecule has 2 amide bonds. The standard InChI is InChI=1S/C56H55F5N10O3S/c1-33(72)67-23-19-49-47(32-67)52(68-20-5-6-36-24-45(38-30-63-65(4)31-38)46(51(57)58)28-50(36)68)64-71(49)40-17-21-66(22-18-40)42-25-44(26-42)74-43-15-10-35(11-16-43)34-7-12-39(13-8-34)70-54(75)69(53(73)55(70,2)3)41-14-9-37(29-62)48(27-41)56(59,60)61/h7-16,24,27-28,30-31,40,42,44,51H,5-6,17-23,25-26,32H2,1-4H3. The zero-order valence-electron chi connectivity index (χ0n) is 41.9. The Morgan fingerprint density at radius 1 is 0.893 bits per heavy atom. The number of aromatic nitrogens is 4. The maximum absolute atomic E-state index is 14.8. The number of nitrogens with zero attached hydrogens (tertiary/aromatic N) is 10. The van der Waals surface area contributed by atoms with Crippen LogP contribution in [0.4, 0.5) is 44.8 Å². The number of carbonyl (C=O) groups excluding carboxylic acids is 2. The zero-order valence-corrected chi connectivity index (χ0v) is 42.8. The van der Waals surface area contributed by atoms with Crippen molar-refractivity contribution in [2.75, 3.05) is 40.9 Å². The fraction of sp³-hybridized carbons (Fsp3) is 0.393. The van der Waals surface area contributed by atoms with Crippen LogP contribution in [0.3, 0.4) is 0 Å². The highest BCUT2D eigenvalue weighted by molar-refractivity contribution is 7.81. The van der Waals surface area contributed by atoms with Crippen molar-refractivity contribution in [1.82, 2.24) is 29.4 Å². The molecule has 1 aliphatic carbocycles. The molecule has 1 saturated carbocycles. The number of aryl methyl sites for hydroxylation is 2. The molecule has 2 saturated heterocycles. The summed E-state index contributed by atoms with van der Waals surface area (Å²) in [6.45, 7) is 8.43. The molecule has 6 heterocycles. The molecule has 19 heteroatoms. The monoisotopic (exact) mass is 1040 g/mol. The Kier molecular flexibility index (Phi) is 12.8. The Labute approximate surface area is 436 Å². The lowest BCUT2D eigenvalue weighted by Crippen LogP contribution is -2.52. The molecular formula is C56H55F5N10O3S. The number of nitriles is 1. The predicted octanol–water partition coefficient (Wildman–Crippen LogP) is 10.9. The van der Waals surface area contributed by atoms with Crippen LogP contribution in [-0.2, 0) is 42.2 Å². The fourth-order valence-electron chi connectivity index (χ4n) is 11.7. The van der Waals surface area contributed by atoms with Gasteiger partial charge < -0.3 is 19.4 Å². The fourth-order valence-corrected chi connectivity index (χ4v) is 12.2. The summed E-state index contributed by atoms with van der Waals surface area (Å²) < 4.78 is 81.3. The van der Waals surface area contributed by atoms with Crippen LogP contribution in [0, 0.1) is 11.3 Å². The van der Waals surface area contributed by atoms with Gasteiger partial charge in [0.05, 0.1) is 41.7 Å². The lowest BCUT2D eigenvalue weighted by atomic mass is 9.86. The number of amides is 2. The number of anilines is 4. The first kappa shape index (κ1) is 50.0. The first-order valence-corrected chi connectivity index (χ1v) is 25.8. The van der Waals surface area contributed by atoms with Crippen molar-refractivity contribution in [2.45, 2.75) is 109 Å². The number of halogens is 5. The Morgan fingerprint density at radius 3 is 2.23 bits per heavy atom. The Morgan fingerprint density at radius 2 is 1.59 bits per heavy atom. The average molecular weight is 1040 g/mol. The molecule has 13 nitrogen and oxygen atoms in total. The van der Waals surface area contributed by atoms with Gasteiger partial charge in [-0.25, -0.2) is 8.78 Å². The summed E-state index contributed by atoms with van der Waals surface area (Å²) in [4.78, 5) is 35.7. The van der Waals surface area contributed by atoms with Gasteiger partial charge in [-0.05, 0) is 129 Å². The number of hydrogen-bond acceptors (Lipinski definition) is 9. The summed E-state index contributed by atoms with van der Waals surface area (Å²) in [6.07, 6.45) is 1.94. The molecule has 388 valence electrons. The van der Waals surface area contributed by atoms with Gasteiger partial charge in [-0.2, -0.15) is 28.6 Å². The summed E-state index contributed by atoms with van der Waals surface area (Å²) in [7, 11) is 1.78. The van der Waals surface area contributed by atoms with E-state index in [-0.39, 0.29) is 34.4 Å². The van der Waals surface area contributed by atoms with Crippen LogP contribution in [0.25, 0.3) is 22.3 Å². The van der Waals surface area contributed by atoms with E-state index in [1.54, 1.807) is 61.9 Å². The van der Waals surface area contributed by atoms with E-state index in [0.717, 1.165) is 114 Å². The number of alkyl halides is 5. The first-order chi connectivity index (χ1) is 35.9. The van der Waals surface area contributed by atoms with Crippen LogP contribution in [0.2, 0.25) is 0 Å². The number of hydrogen-bond donors (Lipinski definition) is 0. The van der Waals surface area contributed by atoms with E-state index in [0.29, 0.717) is 48.9 Å². The normalized spacial score (nSPS) is 20.1. The van der Waals surface area contributed by atoms with E-state index in [4.69, 9.17) is 22.1 Å². The molecule has 0 N–H and O–H groups in total. The van der Waals surface area contributed by atoms with E-state index < -0.39 is 35.2 Å². The third-order valence-corrected chi connectivity index (χ3v) is 16.2. The minimum absolute atomic E-state index is 0.00217. The Hall–Kier alpha value is -7.17. The average Bonchev–Trinajstić information content (AvgIpc) is 4.09. The molecular weight excluding hydrogens is 988 g/mol. The molecule has 0 bridgehead atoms. The van der Waals surface area contributed by atoms with Crippen LogP contribution in [-0.4, -0.2) is 90.2 Å². The second kappa shape index (κ2) is 19.2. The lowest BCUT2D eigenvalue weighted by Gasteiger charge is -2.45. The van der Waals surface area contributed by atoms with Crippen LogP contribution in [0.1, 0.15) is 98.9 Å². The molecule has 0 atom stereocenters. The van der Waals surface area contributed by atoms with E-state index in [1.165, 1.54) is 6.07 Å². The summed E-state index contributed by atoms with van der Waals surface area (Å²) in [5.41, 5.74) is 4.50. The van der Waals surface area contributed by atoms with Crippen LogP contribution >= 0.6 is 12.2 Å². The smallest absolute Gasteiger partial charge is 0.417 e. The van der Waals surface area contributed by atoms with Crippen molar-refractivity contribution in [3.8, 4) is 34.1 Å².